The van der Waals surface area contributed by atoms with Gasteiger partial charge >= 0.3 is 0 Å². The molecule has 1 amide bonds. The number of nitrogens with one attached hydrogen (secondary N) is 2. The van der Waals surface area contributed by atoms with E-state index in [1.807, 2.05) is 6.07 Å². The van der Waals surface area contributed by atoms with Crippen LogP contribution >= 0.6 is 0 Å². The number of benzene rings is 1. The fourth-order valence-electron chi connectivity index (χ4n) is 1.84. The molecule has 2 N–H and O–H groups in total. The first-order chi connectivity index (χ1) is 11.7. The maximum Gasteiger partial charge on any atom is 0.224 e. The molecule has 138 valence electrons. The van der Waals surface area contributed by atoms with Crippen LogP contribution in [-0.4, -0.2) is 32.2 Å². The summed E-state index contributed by atoms with van der Waals surface area (Å²) in [5, 5.41) is 11.2. The summed E-state index contributed by atoms with van der Waals surface area (Å²) in [4.78, 5) is 11.9. The van der Waals surface area contributed by atoms with Crippen LogP contribution in [0.5, 0.6) is 5.75 Å². The summed E-state index contributed by atoms with van der Waals surface area (Å²) in [6.45, 7) is 5.16. The van der Waals surface area contributed by atoms with E-state index in [-0.39, 0.29) is 12.5 Å². The molecule has 0 aliphatic carbocycles. The normalized spacial score (nSPS) is 11.6. The number of unbranched alkanes of at least 4 members (excludes halogenated alkanes) is 1. The lowest BCUT2D eigenvalue weighted by molar-refractivity contribution is -0.116. The van der Waals surface area contributed by atoms with Crippen LogP contribution in [0, 0.1) is 11.3 Å². The standard InChI is InChI=1S/C17H25N3O4S/c1-17(2,3)25(22,23)19-11-5-4-9-16(21)20-14-7-6-8-15(13-14)24-12-10-18/h6-8,13,19H,4-5,9,11-12H2,1-3H3,(H,20,21). The van der Waals surface area contributed by atoms with Gasteiger partial charge in [0.2, 0.25) is 15.9 Å². The van der Waals surface area contributed by atoms with E-state index in [1.165, 1.54) is 0 Å². The highest BCUT2D eigenvalue weighted by Crippen LogP contribution is 2.17. The molecule has 1 rings (SSSR count). The van der Waals surface area contributed by atoms with Crippen molar-refractivity contribution in [2.24, 2.45) is 0 Å². The quantitative estimate of drug-likeness (QED) is 0.652. The summed E-state index contributed by atoms with van der Waals surface area (Å²) in [5.74, 6) is 0.354. The molecule has 0 saturated carbocycles. The van der Waals surface area contributed by atoms with Crippen LogP contribution in [0.25, 0.3) is 0 Å². The zero-order chi connectivity index (χ0) is 18.9. The van der Waals surface area contributed by atoms with E-state index in [1.54, 1.807) is 45.0 Å². The van der Waals surface area contributed by atoms with Crippen molar-refractivity contribution in [3.8, 4) is 11.8 Å². The second kappa shape index (κ2) is 9.39. The summed E-state index contributed by atoms with van der Waals surface area (Å²) in [6.07, 6.45) is 1.44. The third-order valence-electron chi connectivity index (χ3n) is 3.35. The maximum atomic E-state index is 11.9. The Labute approximate surface area is 149 Å². The average molecular weight is 367 g/mol. The minimum Gasteiger partial charge on any atom is -0.479 e. The van der Waals surface area contributed by atoms with Gasteiger partial charge in [-0.15, -0.1) is 0 Å². The number of ether oxygens (including phenoxy) is 1. The third-order valence-corrected chi connectivity index (χ3v) is 5.55. The highest BCUT2D eigenvalue weighted by Gasteiger charge is 2.27. The Bertz CT molecular complexity index is 718. The lowest BCUT2D eigenvalue weighted by Gasteiger charge is -2.19. The molecule has 0 bridgehead atoms. The molecule has 25 heavy (non-hydrogen) atoms. The minimum atomic E-state index is -3.35. The van der Waals surface area contributed by atoms with Crippen molar-refractivity contribution >= 4 is 21.6 Å². The number of amides is 1. The van der Waals surface area contributed by atoms with Crippen molar-refractivity contribution < 1.29 is 17.9 Å². The largest absolute Gasteiger partial charge is 0.479 e. The second-order valence-corrected chi connectivity index (χ2v) is 9.01. The number of nitriles is 1. The van der Waals surface area contributed by atoms with Gasteiger partial charge in [-0.05, 0) is 45.7 Å². The van der Waals surface area contributed by atoms with E-state index in [0.717, 1.165) is 0 Å². The Hall–Kier alpha value is -2.11. The Kier molecular flexibility index (Phi) is 7.87. The number of carbonyl (C=O) groups is 1. The average Bonchev–Trinajstić information content (AvgIpc) is 2.51. The molecule has 0 unspecified atom stereocenters. The monoisotopic (exact) mass is 367 g/mol. The van der Waals surface area contributed by atoms with Gasteiger partial charge in [0, 0.05) is 24.7 Å². The van der Waals surface area contributed by atoms with Crippen molar-refractivity contribution in [1.29, 1.82) is 5.26 Å². The van der Waals surface area contributed by atoms with Gasteiger partial charge in [-0.25, -0.2) is 13.1 Å². The number of anilines is 1. The molecule has 0 saturated heterocycles. The lowest BCUT2D eigenvalue weighted by atomic mass is 10.2. The number of nitrogens with zero attached hydrogens (tertiary/aromatic N) is 1. The maximum absolute atomic E-state index is 11.9. The number of hydrogen-bond donors (Lipinski definition) is 2. The molecule has 8 heteroatoms. The summed E-state index contributed by atoms with van der Waals surface area (Å²) in [6, 6.07) is 8.68. The molecule has 0 fully saturated rings. The molecule has 0 aliphatic rings. The second-order valence-electron chi connectivity index (χ2n) is 6.49. The van der Waals surface area contributed by atoms with E-state index < -0.39 is 14.8 Å². The van der Waals surface area contributed by atoms with E-state index in [0.29, 0.717) is 37.2 Å². The SMILES string of the molecule is CC(C)(C)S(=O)(=O)NCCCCC(=O)Nc1cccc(OCC#N)c1. The molecule has 0 radical (unpaired) electrons. The van der Waals surface area contributed by atoms with E-state index >= 15 is 0 Å². The van der Waals surface area contributed by atoms with E-state index in [9.17, 15) is 13.2 Å². The van der Waals surface area contributed by atoms with Crippen molar-refractivity contribution in [3.05, 3.63) is 24.3 Å². The van der Waals surface area contributed by atoms with Gasteiger partial charge in [0.25, 0.3) is 0 Å². The Morgan fingerprint density at radius 3 is 2.64 bits per heavy atom. The van der Waals surface area contributed by atoms with Gasteiger partial charge in [0.05, 0.1) is 4.75 Å². The molecular formula is C17H25N3O4S. The Morgan fingerprint density at radius 2 is 2.00 bits per heavy atom. The molecule has 0 aromatic heterocycles. The number of sulfonamides is 1. The first kappa shape index (κ1) is 20.9. The van der Waals surface area contributed by atoms with E-state index in [4.69, 9.17) is 10.00 Å². The van der Waals surface area contributed by atoms with Crippen molar-refractivity contribution in [3.63, 3.8) is 0 Å². The van der Waals surface area contributed by atoms with Crippen LogP contribution < -0.4 is 14.8 Å². The van der Waals surface area contributed by atoms with Gasteiger partial charge in [-0.3, -0.25) is 4.79 Å². The predicted octanol–water partition coefficient (Wildman–Crippen LogP) is 2.42. The smallest absolute Gasteiger partial charge is 0.224 e. The molecule has 1 aromatic carbocycles. The number of hydrogen-bond acceptors (Lipinski definition) is 5. The molecule has 7 nitrogen and oxygen atoms in total. The van der Waals surface area contributed by atoms with Crippen LogP contribution in [0.15, 0.2) is 24.3 Å². The van der Waals surface area contributed by atoms with Crippen molar-refractivity contribution in [1.82, 2.24) is 4.72 Å². The van der Waals surface area contributed by atoms with Gasteiger partial charge in [-0.1, -0.05) is 6.07 Å². The minimum absolute atomic E-state index is 0.0537. The third kappa shape index (κ3) is 7.54. The van der Waals surface area contributed by atoms with Crippen LogP contribution in [0.3, 0.4) is 0 Å². The van der Waals surface area contributed by atoms with Crippen molar-refractivity contribution in [2.45, 2.75) is 44.8 Å². The summed E-state index contributed by atoms with van der Waals surface area (Å²) in [5.41, 5.74) is 0.592. The Morgan fingerprint density at radius 1 is 1.28 bits per heavy atom. The van der Waals surface area contributed by atoms with Gasteiger partial charge in [0.1, 0.15) is 11.8 Å². The van der Waals surface area contributed by atoms with Crippen molar-refractivity contribution in [2.75, 3.05) is 18.5 Å². The molecule has 0 aliphatic heterocycles. The lowest BCUT2D eigenvalue weighted by Crippen LogP contribution is -2.39. The molecule has 0 atom stereocenters. The molecular weight excluding hydrogens is 342 g/mol. The van der Waals surface area contributed by atoms with Gasteiger partial charge < -0.3 is 10.1 Å². The fraction of sp³-hybridized carbons (Fsp3) is 0.529. The molecule has 0 spiro atoms. The summed E-state index contributed by atoms with van der Waals surface area (Å²) >= 11 is 0. The summed E-state index contributed by atoms with van der Waals surface area (Å²) in [7, 11) is -3.35. The van der Waals surface area contributed by atoms with Gasteiger partial charge in [-0.2, -0.15) is 5.26 Å². The molecule has 1 aromatic rings. The molecule has 0 heterocycles. The van der Waals surface area contributed by atoms with Crippen LogP contribution in [0.2, 0.25) is 0 Å². The predicted molar refractivity (Wildman–Crippen MR) is 96.7 cm³/mol. The first-order valence-electron chi connectivity index (χ1n) is 8.04. The Balaban J connectivity index is 2.33. The van der Waals surface area contributed by atoms with Gasteiger partial charge in [0.15, 0.2) is 6.61 Å². The topological polar surface area (TPSA) is 108 Å². The zero-order valence-corrected chi connectivity index (χ0v) is 15.6. The first-order valence-corrected chi connectivity index (χ1v) is 9.53. The van der Waals surface area contributed by atoms with E-state index in [2.05, 4.69) is 10.0 Å². The van der Waals surface area contributed by atoms with Crippen LogP contribution in [0.4, 0.5) is 5.69 Å². The summed E-state index contributed by atoms with van der Waals surface area (Å²) < 4.78 is 30.6. The van der Waals surface area contributed by atoms with Crippen LogP contribution in [0.1, 0.15) is 40.0 Å². The number of carbonyl (C=O) groups excluding carboxylic acids is 1. The zero-order valence-electron chi connectivity index (χ0n) is 14.8. The highest BCUT2D eigenvalue weighted by atomic mass is 32.2. The van der Waals surface area contributed by atoms with Crippen LogP contribution in [-0.2, 0) is 14.8 Å². The highest BCUT2D eigenvalue weighted by molar-refractivity contribution is 7.90. The number of rotatable bonds is 9. The fourth-order valence-corrected chi connectivity index (χ4v) is 2.68.